The minimum Gasteiger partial charge on any atom is -0.394 e. The summed E-state index contributed by atoms with van der Waals surface area (Å²) >= 11 is 0. The topological polar surface area (TPSA) is 91.2 Å². The molecule has 2 rings (SSSR count). The molecule has 0 aromatic carbocycles. The Balaban J connectivity index is 2.08. The Kier molecular flexibility index (Phi) is 3.86. The molecule has 0 spiro atoms. The van der Waals surface area contributed by atoms with E-state index in [1.807, 2.05) is 13.8 Å². The van der Waals surface area contributed by atoms with Gasteiger partial charge in [-0.2, -0.15) is 5.10 Å². The van der Waals surface area contributed by atoms with Crippen LogP contribution in [0.4, 0.5) is 0 Å². The number of ether oxygens (including phenoxy) is 1. The van der Waals surface area contributed by atoms with Gasteiger partial charge in [-0.3, -0.25) is 9.59 Å². The number of aliphatic hydroxyl groups excluding tert-OH is 1. The van der Waals surface area contributed by atoms with E-state index >= 15 is 0 Å². The number of rotatable bonds is 2. The van der Waals surface area contributed by atoms with Gasteiger partial charge >= 0.3 is 0 Å². The first-order valence-electron chi connectivity index (χ1n) is 6.34. The van der Waals surface area contributed by atoms with Crippen molar-refractivity contribution >= 4 is 17.5 Å². The minimum atomic E-state index is -0.500. The van der Waals surface area contributed by atoms with E-state index in [0.717, 1.165) is 0 Å². The Bertz CT molecular complexity index is 419. The van der Waals surface area contributed by atoms with Gasteiger partial charge in [0.15, 0.2) is 0 Å². The van der Waals surface area contributed by atoms with Crippen molar-refractivity contribution in [2.45, 2.75) is 38.4 Å². The molecule has 1 atom stereocenters. The fourth-order valence-corrected chi connectivity index (χ4v) is 2.36. The van der Waals surface area contributed by atoms with Crippen LogP contribution < -0.4 is 5.43 Å². The van der Waals surface area contributed by atoms with Crippen molar-refractivity contribution in [3.63, 3.8) is 0 Å². The van der Waals surface area contributed by atoms with Gasteiger partial charge in [-0.1, -0.05) is 0 Å². The fraction of sp³-hybridized carbons (Fsp3) is 0.750. The molecule has 0 aliphatic carbocycles. The van der Waals surface area contributed by atoms with Crippen LogP contribution in [0.3, 0.4) is 0 Å². The highest BCUT2D eigenvalue weighted by Crippen LogP contribution is 2.21. The molecule has 106 valence electrons. The lowest BCUT2D eigenvalue weighted by Gasteiger charge is -2.42. The second-order valence-electron chi connectivity index (χ2n) is 5.46. The maximum atomic E-state index is 12.3. The first kappa shape index (κ1) is 14.0. The molecular formula is C12H19N3O4. The van der Waals surface area contributed by atoms with Crippen molar-refractivity contribution in [2.24, 2.45) is 5.10 Å². The van der Waals surface area contributed by atoms with Gasteiger partial charge in [-0.25, -0.2) is 5.43 Å². The first-order chi connectivity index (χ1) is 8.91. The summed E-state index contributed by atoms with van der Waals surface area (Å²) in [5, 5.41) is 13.0. The van der Waals surface area contributed by atoms with E-state index in [2.05, 4.69) is 10.5 Å². The molecule has 0 aromatic heterocycles. The van der Waals surface area contributed by atoms with Gasteiger partial charge in [0.05, 0.1) is 18.3 Å². The quantitative estimate of drug-likeness (QED) is 0.690. The molecule has 2 amide bonds. The molecule has 0 aromatic rings. The van der Waals surface area contributed by atoms with Gasteiger partial charge < -0.3 is 14.7 Å². The average molecular weight is 269 g/mol. The maximum Gasteiger partial charge on any atom is 0.270 e. The van der Waals surface area contributed by atoms with E-state index in [0.29, 0.717) is 25.2 Å². The summed E-state index contributed by atoms with van der Waals surface area (Å²) in [5.74, 6) is -0.373. The monoisotopic (exact) mass is 269 g/mol. The number of aliphatic hydroxyl groups is 1. The number of hydrogen-bond donors (Lipinski definition) is 2. The average Bonchev–Trinajstić information content (AvgIpc) is 2.37. The molecule has 2 N–H and O–H groups in total. The van der Waals surface area contributed by atoms with Crippen LogP contribution in [0.1, 0.15) is 26.7 Å². The third-order valence-corrected chi connectivity index (χ3v) is 3.12. The third kappa shape index (κ3) is 3.30. The second-order valence-corrected chi connectivity index (χ2v) is 5.46. The molecule has 7 nitrogen and oxygen atoms in total. The molecule has 0 saturated carbocycles. The zero-order valence-electron chi connectivity index (χ0n) is 11.2. The highest BCUT2D eigenvalue weighted by Gasteiger charge is 2.37. The molecular weight excluding hydrogens is 250 g/mol. The predicted molar refractivity (Wildman–Crippen MR) is 67.4 cm³/mol. The standard InChI is InChI=1S/C12H19N3O4/c1-12(2)7-15(5-8(6-16)19-12)11(18)9-3-4-10(17)14-13-9/h8,16H,3-7H2,1-2H3,(H,14,17). The Hall–Kier alpha value is -1.47. The van der Waals surface area contributed by atoms with Crippen molar-refractivity contribution in [2.75, 3.05) is 19.7 Å². The Labute approximate surface area is 111 Å². The molecule has 2 heterocycles. The zero-order chi connectivity index (χ0) is 14.0. The van der Waals surface area contributed by atoms with Crippen molar-refractivity contribution in [3.05, 3.63) is 0 Å². The molecule has 2 aliphatic heterocycles. The summed E-state index contributed by atoms with van der Waals surface area (Å²) < 4.78 is 5.65. The first-order valence-corrected chi connectivity index (χ1v) is 6.34. The van der Waals surface area contributed by atoms with Crippen LogP contribution in [0.2, 0.25) is 0 Å². The van der Waals surface area contributed by atoms with Crippen LogP contribution in [-0.2, 0) is 14.3 Å². The Morgan fingerprint density at radius 2 is 2.32 bits per heavy atom. The fourth-order valence-electron chi connectivity index (χ4n) is 2.36. The van der Waals surface area contributed by atoms with E-state index in [-0.39, 0.29) is 30.9 Å². The SMILES string of the molecule is CC1(C)CN(C(=O)C2=NNC(=O)CC2)CC(CO)O1. The highest BCUT2D eigenvalue weighted by molar-refractivity contribution is 6.39. The summed E-state index contributed by atoms with van der Waals surface area (Å²) in [6.45, 7) is 4.40. The molecule has 1 unspecified atom stereocenters. The van der Waals surface area contributed by atoms with E-state index in [9.17, 15) is 14.7 Å². The van der Waals surface area contributed by atoms with Crippen LogP contribution >= 0.6 is 0 Å². The van der Waals surface area contributed by atoms with Crippen molar-refractivity contribution < 1.29 is 19.4 Å². The lowest BCUT2D eigenvalue weighted by molar-refractivity contribution is -0.162. The van der Waals surface area contributed by atoms with Gasteiger partial charge in [-0.05, 0) is 13.8 Å². The van der Waals surface area contributed by atoms with Crippen molar-refractivity contribution in [1.29, 1.82) is 0 Å². The van der Waals surface area contributed by atoms with E-state index in [1.54, 1.807) is 4.90 Å². The smallest absolute Gasteiger partial charge is 0.270 e. The number of carbonyl (C=O) groups excluding carboxylic acids is 2. The normalized spacial score (nSPS) is 26.7. The Morgan fingerprint density at radius 1 is 1.58 bits per heavy atom. The largest absolute Gasteiger partial charge is 0.394 e. The number of morpholine rings is 1. The number of amides is 2. The number of nitrogens with one attached hydrogen (secondary N) is 1. The molecule has 2 aliphatic rings. The molecule has 0 bridgehead atoms. The summed E-state index contributed by atoms with van der Waals surface area (Å²) in [5.41, 5.74) is 2.17. The zero-order valence-corrected chi connectivity index (χ0v) is 11.2. The van der Waals surface area contributed by atoms with Crippen molar-refractivity contribution in [3.8, 4) is 0 Å². The van der Waals surface area contributed by atoms with Gasteiger partial charge in [0.25, 0.3) is 5.91 Å². The number of hydrazone groups is 1. The lowest BCUT2D eigenvalue weighted by atomic mass is 10.0. The van der Waals surface area contributed by atoms with Gasteiger partial charge in [0, 0.05) is 25.9 Å². The maximum absolute atomic E-state index is 12.3. The molecule has 1 saturated heterocycles. The Morgan fingerprint density at radius 3 is 2.89 bits per heavy atom. The van der Waals surface area contributed by atoms with Gasteiger partial charge in [-0.15, -0.1) is 0 Å². The lowest BCUT2D eigenvalue weighted by Crippen LogP contribution is -2.57. The summed E-state index contributed by atoms with van der Waals surface area (Å²) in [6, 6.07) is 0. The molecule has 19 heavy (non-hydrogen) atoms. The summed E-state index contributed by atoms with van der Waals surface area (Å²) in [4.78, 5) is 25.0. The van der Waals surface area contributed by atoms with E-state index in [4.69, 9.17) is 4.74 Å². The predicted octanol–water partition coefficient (Wildman–Crippen LogP) is -0.749. The number of nitrogens with zero attached hydrogens (tertiary/aromatic N) is 2. The number of carbonyl (C=O) groups is 2. The summed E-state index contributed by atoms with van der Waals surface area (Å²) in [6.07, 6.45) is 0.250. The van der Waals surface area contributed by atoms with E-state index in [1.165, 1.54) is 0 Å². The van der Waals surface area contributed by atoms with Gasteiger partial charge in [0.1, 0.15) is 5.71 Å². The van der Waals surface area contributed by atoms with Crippen molar-refractivity contribution in [1.82, 2.24) is 10.3 Å². The summed E-state index contributed by atoms with van der Waals surface area (Å²) in [7, 11) is 0. The van der Waals surface area contributed by atoms with E-state index < -0.39 is 5.60 Å². The van der Waals surface area contributed by atoms with Crippen LogP contribution in [0, 0.1) is 0 Å². The molecule has 0 radical (unpaired) electrons. The third-order valence-electron chi connectivity index (χ3n) is 3.12. The molecule has 7 heteroatoms. The van der Waals surface area contributed by atoms with Crippen LogP contribution in [0.5, 0.6) is 0 Å². The second kappa shape index (κ2) is 5.26. The number of hydrogen-bond acceptors (Lipinski definition) is 5. The van der Waals surface area contributed by atoms with Gasteiger partial charge in [0.2, 0.25) is 5.91 Å². The van der Waals surface area contributed by atoms with Crippen LogP contribution in [-0.4, -0.2) is 58.9 Å². The molecule has 1 fully saturated rings. The highest BCUT2D eigenvalue weighted by atomic mass is 16.5. The van der Waals surface area contributed by atoms with Crippen LogP contribution in [0.25, 0.3) is 0 Å². The minimum absolute atomic E-state index is 0.129. The van der Waals surface area contributed by atoms with Crippen LogP contribution in [0.15, 0.2) is 5.10 Å².